The van der Waals surface area contributed by atoms with Crippen molar-refractivity contribution in [2.24, 2.45) is 0 Å². The zero-order valence-electron chi connectivity index (χ0n) is 16.8. The quantitative estimate of drug-likeness (QED) is 0.447. The first-order valence-electron chi connectivity index (χ1n) is 9.49. The molecule has 0 atom stereocenters. The van der Waals surface area contributed by atoms with Crippen LogP contribution in [0.3, 0.4) is 0 Å². The van der Waals surface area contributed by atoms with Crippen LogP contribution >= 0.6 is 11.8 Å². The van der Waals surface area contributed by atoms with Gasteiger partial charge < -0.3 is 10.1 Å². The van der Waals surface area contributed by atoms with Gasteiger partial charge in [0.25, 0.3) is 5.91 Å². The van der Waals surface area contributed by atoms with E-state index in [4.69, 9.17) is 10.00 Å². The SMILES string of the molecule is CCc1nc2ccccc2c(C)c1C(=O)OCC(=O)Nc1ccccc1SCC#N. The van der Waals surface area contributed by atoms with Gasteiger partial charge >= 0.3 is 5.97 Å². The average Bonchev–Trinajstić information content (AvgIpc) is 2.76. The number of nitriles is 1. The number of hydrogen-bond acceptors (Lipinski definition) is 6. The van der Waals surface area contributed by atoms with Crippen molar-refractivity contribution >= 4 is 40.2 Å². The monoisotopic (exact) mass is 419 g/mol. The van der Waals surface area contributed by atoms with Crippen LogP contribution in [0.5, 0.6) is 0 Å². The van der Waals surface area contributed by atoms with Crippen LogP contribution in [0.1, 0.15) is 28.5 Å². The summed E-state index contributed by atoms with van der Waals surface area (Å²) in [6.07, 6.45) is 0.575. The van der Waals surface area contributed by atoms with Gasteiger partial charge in [0.05, 0.1) is 34.3 Å². The van der Waals surface area contributed by atoms with Crippen LogP contribution in [0.25, 0.3) is 10.9 Å². The fraction of sp³-hybridized carbons (Fsp3) is 0.217. The van der Waals surface area contributed by atoms with E-state index in [0.29, 0.717) is 23.4 Å². The number of ether oxygens (including phenoxy) is 1. The molecule has 3 aromatic rings. The highest BCUT2D eigenvalue weighted by atomic mass is 32.2. The summed E-state index contributed by atoms with van der Waals surface area (Å²) in [5.41, 5.74) is 3.26. The van der Waals surface area contributed by atoms with E-state index in [1.807, 2.05) is 50.2 Å². The maximum Gasteiger partial charge on any atom is 0.340 e. The van der Waals surface area contributed by atoms with Crippen molar-refractivity contribution in [3.63, 3.8) is 0 Å². The summed E-state index contributed by atoms with van der Waals surface area (Å²) < 4.78 is 5.31. The summed E-state index contributed by atoms with van der Waals surface area (Å²) >= 11 is 1.33. The van der Waals surface area contributed by atoms with E-state index < -0.39 is 18.5 Å². The summed E-state index contributed by atoms with van der Waals surface area (Å²) in [4.78, 5) is 30.5. The number of nitrogens with one attached hydrogen (secondary N) is 1. The van der Waals surface area contributed by atoms with Gasteiger partial charge in [0, 0.05) is 10.3 Å². The number of anilines is 1. The fourth-order valence-corrected chi connectivity index (χ4v) is 3.83. The second kappa shape index (κ2) is 9.90. The van der Waals surface area contributed by atoms with Crippen LogP contribution in [0.4, 0.5) is 5.69 Å². The number of rotatable bonds is 7. The topological polar surface area (TPSA) is 92.1 Å². The van der Waals surface area contributed by atoms with Crippen LogP contribution in [0.15, 0.2) is 53.4 Å². The van der Waals surface area contributed by atoms with Crippen molar-refractivity contribution in [2.75, 3.05) is 17.7 Å². The minimum atomic E-state index is -0.565. The molecular formula is C23H21N3O3S. The Balaban J connectivity index is 1.73. The third-order valence-electron chi connectivity index (χ3n) is 4.55. The van der Waals surface area contributed by atoms with Crippen molar-refractivity contribution in [1.82, 2.24) is 4.98 Å². The largest absolute Gasteiger partial charge is 0.452 e. The molecule has 0 aliphatic heterocycles. The van der Waals surface area contributed by atoms with Gasteiger partial charge in [0.2, 0.25) is 0 Å². The van der Waals surface area contributed by atoms with Crippen molar-refractivity contribution in [3.8, 4) is 6.07 Å². The third-order valence-corrected chi connectivity index (χ3v) is 5.49. The number of fused-ring (bicyclic) bond motifs is 1. The molecule has 0 bridgehead atoms. The number of hydrogen-bond donors (Lipinski definition) is 1. The number of esters is 1. The second-order valence-electron chi connectivity index (χ2n) is 6.50. The van der Waals surface area contributed by atoms with Gasteiger partial charge in [0.1, 0.15) is 0 Å². The van der Waals surface area contributed by atoms with Crippen molar-refractivity contribution in [3.05, 3.63) is 65.4 Å². The molecule has 1 amide bonds. The number of pyridine rings is 1. The molecule has 0 saturated heterocycles. The Morgan fingerprint density at radius 2 is 1.90 bits per heavy atom. The van der Waals surface area contributed by atoms with Gasteiger partial charge in [-0.3, -0.25) is 9.78 Å². The maximum atomic E-state index is 12.8. The zero-order chi connectivity index (χ0) is 21.5. The minimum absolute atomic E-state index is 0.274. The number of para-hydroxylation sites is 2. The van der Waals surface area contributed by atoms with Gasteiger partial charge in [-0.05, 0) is 37.1 Å². The van der Waals surface area contributed by atoms with Gasteiger partial charge in [-0.2, -0.15) is 5.26 Å². The van der Waals surface area contributed by atoms with E-state index in [2.05, 4.69) is 16.4 Å². The van der Waals surface area contributed by atoms with E-state index >= 15 is 0 Å². The number of aryl methyl sites for hydroxylation is 2. The van der Waals surface area contributed by atoms with E-state index in [1.165, 1.54) is 11.8 Å². The molecule has 0 spiro atoms. The average molecular weight is 420 g/mol. The molecule has 0 aliphatic rings. The lowest BCUT2D eigenvalue weighted by atomic mass is 10.0. The Hall–Kier alpha value is -3.37. The van der Waals surface area contributed by atoms with Crippen LogP contribution in [0, 0.1) is 18.3 Å². The third kappa shape index (κ3) is 4.78. The van der Waals surface area contributed by atoms with E-state index in [1.54, 1.807) is 12.1 Å². The number of aromatic nitrogens is 1. The first-order valence-corrected chi connectivity index (χ1v) is 10.5. The molecule has 0 fully saturated rings. The molecule has 30 heavy (non-hydrogen) atoms. The molecule has 0 aliphatic carbocycles. The Kier molecular flexibility index (Phi) is 7.04. The minimum Gasteiger partial charge on any atom is -0.452 e. The molecule has 2 aromatic carbocycles. The summed E-state index contributed by atoms with van der Waals surface area (Å²) in [7, 11) is 0. The van der Waals surface area contributed by atoms with Gasteiger partial charge in [0.15, 0.2) is 6.61 Å². The lowest BCUT2D eigenvalue weighted by Crippen LogP contribution is -2.22. The normalized spacial score (nSPS) is 10.4. The number of amides is 1. The smallest absolute Gasteiger partial charge is 0.340 e. The van der Waals surface area contributed by atoms with Crippen LogP contribution in [-0.4, -0.2) is 29.2 Å². The van der Waals surface area contributed by atoms with Crippen LogP contribution in [-0.2, 0) is 16.0 Å². The Labute approximate surface area is 179 Å². The Morgan fingerprint density at radius 1 is 1.17 bits per heavy atom. The lowest BCUT2D eigenvalue weighted by Gasteiger charge is -2.14. The van der Waals surface area contributed by atoms with E-state index in [9.17, 15) is 9.59 Å². The first kappa shape index (κ1) is 21.3. The predicted molar refractivity (Wildman–Crippen MR) is 118 cm³/mol. The molecule has 1 aromatic heterocycles. The fourth-order valence-electron chi connectivity index (χ4n) is 3.16. The highest BCUT2D eigenvalue weighted by Crippen LogP contribution is 2.27. The molecular weight excluding hydrogens is 398 g/mol. The predicted octanol–water partition coefficient (Wildman–Crippen LogP) is 4.52. The van der Waals surface area contributed by atoms with Gasteiger partial charge in [-0.15, -0.1) is 11.8 Å². The number of benzene rings is 2. The molecule has 7 heteroatoms. The molecule has 0 unspecified atom stereocenters. The van der Waals surface area contributed by atoms with Gasteiger partial charge in [-0.25, -0.2) is 4.79 Å². The highest BCUT2D eigenvalue weighted by Gasteiger charge is 2.20. The van der Waals surface area contributed by atoms with Crippen molar-refractivity contribution in [1.29, 1.82) is 5.26 Å². The molecule has 0 saturated carbocycles. The summed E-state index contributed by atoms with van der Waals surface area (Å²) in [6, 6.07) is 16.9. The zero-order valence-corrected chi connectivity index (χ0v) is 17.6. The molecule has 3 rings (SSSR count). The molecule has 1 N–H and O–H groups in total. The number of nitrogens with zero attached hydrogens (tertiary/aromatic N) is 2. The molecule has 152 valence electrons. The van der Waals surface area contributed by atoms with Crippen molar-refractivity contribution in [2.45, 2.75) is 25.2 Å². The standard InChI is InChI=1S/C23H21N3O3S/c1-3-17-22(15(2)16-8-4-5-9-18(16)25-17)23(28)29-14-21(27)26-19-10-6-7-11-20(19)30-13-12-24/h4-11H,3,13-14H2,1-2H3,(H,26,27). The summed E-state index contributed by atoms with van der Waals surface area (Å²) in [6.45, 7) is 3.38. The Bertz CT molecular complexity index is 1140. The molecule has 6 nitrogen and oxygen atoms in total. The second-order valence-corrected chi connectivity index (χ2v) is 7.51. The van der Waals surface area contributed by atoms with E-state index in [-0.39, 0.29) is 5.75 Å². The molecule has 1 heterocycles. The number of carbonyl (C=O) groups excluding carboxylic acids is 2. The number of carbonyl (C=O) groups is 2. The molecule has 0 radical (unpaired) electrons. The van der Waals surface area contributed by atoms with Crippen LogP contribution < -0.4 is 5.32 Å². The van der Waals surface area contributed by atoms with Crippen molar-refractivity contribution < 1.29 is 14.3 Å². The maximum absolute atomic E-state index is 12.8. The summed E-state index contributed by atoms with van der Waals surface area (Å²) in [5, 5.41) is 12.4. The first-order chi connectivity index (χ1) is 14.5. The van der Waals surface area contributed by atoms with E-state index in [0.717, 1.165) is 21.4 Å². The van der Waals surface area contributed by atoms with Gasteiger partial charge in [-0.1, -0.05) is 37.3 Å². The van der Waals surface area contributed by atoms with Crippen LogP contribution in [0.2, 0.25) is 0 Å². The summed E-state index contributed by atoms with van der Waals surface area (Å²) in [5.74, 6) is -0.738. The Morgan fingerprint density at radius 3 is 2.67 bits per heavy atom. The lowest BCUT2D eigenvalue weighted by molar-refractivity contribution is -0.119. The highest BCUT2D eigenvalue weighted by molar-refractivity contribution is 7.99. The number of thioether (sulfide) groups is 1.